The van der Waals surface area contributed by atoms with Crippen LogP contribution in [0.4, 0.5) is 0 Å². The smallest absolute Gasteiger partial charge is 0.346 e. The predicted octanol–water partition coefficient (Wildman–Crippen LogP) is 3.29. The Bertz CT molecular complexity index is 633. The van der Waals surface area contributed by atoms with Crippen molar-refractivity contribution in [3.05, 3.63) is 27.8 Å². The van der Waals surface area contributed by atoms with Crippen molar-refractivity contribution in [1.29, 1.82) is 0 Å². The fraction of sp³-hybridized carbons (Fsp3) is 0.611. The molecule has 140 valence electrons. The van der Waals surface area contributed by atoms with Gasteiger partial charge in [-0.1, -0.05) is 26.2 Å². The number of carbonyl (C=O) groups is 2. The van der Waals surface area contributed by atoms with E-state index in [0.717, 1.165) is 25.7 Å². The lowest BCUT2D eigenvalue weighted by molar-refractivity contribution is -0.148. The second kappa shape index (κ2) is 10.5. The Hall–Kier alpha value is -2.31. The minimum absolute atomic E-state index is 0.106. The predicted molar refractivity (Wildman–Crippen MR) is 90.3 cm³/mol. The van der Waals surface area contributed by atoms with Crippen LogP contribution in [0.25, 0.3) is 0 Å². The highest BCUT2D eigenvalue weighted by atomic mass is 16.6. The number of esters is 2. The van der Waals surface area contributed by atoms with Gasteiger partial charge in [-0.05, 0) is 12.8 Å². The van der Waals surface area contributed by atoms with Gasteiger partial charge in [0.2, 0.25) is 0 Å². The number of unbranched alkanes of at least 4 members (excludes halogenated alkanes) is 3. The van der Waals surface area contributed by atoms with Crippen LogP contribution < -0.4 is 10.4 Å². The number of ether oxygens (including phenoxy) is 3. The highest BCUT2D eigenvalue weighted by molar-refractivity contribution is 5.66. The van der Waals surface area contributed by atoms with Gasteiger partial charge in [-0.2, -0.15) is 0 Å². The summed E-state index contributed by atoms with van der Waals surface area (Å²) in [5.41, 5.74) is -0.574. The summed E-state index contributed by atoms with van der Waals surface area (Å²) in [5, 5.41) is 0. The molecule has 0 amide bonds. The molecule has 1 heterocycles. The van der Waals surface area contributed by atoms with Gasteiger partial charge in [0.15, 0.2) is 11.9 Å². The van der Waals surface area contributed by atoms with E-state index in [-0.39, 0.29) is 23.7 Å². The van der Waals surface area contributed by atoms with Crippen LogP contribution in [0.1, 0.15) is 70.3 Å². The summed E-state index contributed by atoms with van der Waals surface area (Å²) >= 11 is 0. The Morgan fingerprint density at radius 3 is 2.44 bits per heavy atom. The monoisotopic (exact) mass is 354 g/mol. The minimum Gasteiger partial charge on any atom is -0.496 e. The molecule has 25 heavy (non-hydrogen) atoms. The molecule has 0 aromatic carbocycles. The highest BCUT2D eigenvalue weighted by Crippen LogP contribution is 2.28. The van der Waals surface area contributed by atoms with Gasteiger partial charge in [0.25, 0.3) is 0 Å². The van der Waals surface area contributed by atoms with E-state index in [1.807, 2.05) is 0 Å². The van der Waals surface area contributed by atoms with Gasteiger partial charge in [0.1, 0.15) is 17.9 Å². The maximum absolute atomic E-state index is 12.2. The van der Waals surface area contributed by atoms with Crippen LogP contribution in [-0.2, 0) is 25.7 Å². The van der Waals surface area contributed by atoms with Gasteiger partial charge in [-0.15, -0.1) is 0 Å². The first kappa shape index (κ1) is 20.7. The van der Waals surface area contributed by atoms with Gasteiger partial charge in [0, 0.05) is 19.9 Å². The molecule has 0 radical (unpaired) electrons. The van der Waals surface area contributed by atoms with Crippen molar-refractivity contribution in [3.8, 4) is 5.75 Å². The molecule has 0 aliphatic rings. The number of hydrogen-bond donors (Lipinski definition) is 0. The first-order valence-corrected chi connectivity index (χ1v) is 8.40. The topological polar surface area (TPSA) is 92.0 Å². The van der Waals surface area contributed by atoms with Crippen LogP contribution in [0.2, 0.25) is 0 Å². The zero-order valence-electron chi connectivity index (χ0n) is 15.3. The third-order valence-electron chi connectivity index (χ3n) is 3.61. The molecular formula is C18H26O7. The van der Waals surface area contributed by atoms with Gasteiger partial charge in [-0.3, -0.25) is 9.59 Å². The lowest BCUT2D eigenvalue weighted by Gasteiger charge is -2.17. The Kier molecular flexibility index (Phi) is 8.74. The maximum Gasteiger partial charge on any atom is 0.346 e. The molecule has 0 aliphatic heterocycles. The van der Waals surface area contributed by atoms with Crippen LogP contribution in [0.3, 0.4) is 0 Å². The molecule has 7 nitrogen and oxygen atoms in total. The fourth-order valence-corrected chi connectivity index (χ4v) is 2.38. The van der Waals surface area contributed by atoms with Crippen LogP contribution >= 0.6 is 0 Å². The van der Waals surface area contributed by atoms with Gasteiger partial charge in [-0.25, -0.2) is 4.79 Å². The first-order valence-electron chi connectivity index (χ1n) is 8.40. The molecule has 0 saturated heterocycles. The minimum atomic E-state index is -0.679. The fourth-order valence-electron chi connectivity index (χ4n) is 2.38. The molecule has 0 saturated carbocycles. The molecule has 0 fully saturated rings. The largest absolute Gasteiger partial charge is 0.496 e. The van der Waals surface area contributed by atoms with Crippen molar-refractivity contribution in [2.45, 2.75) is 65.6 Å². The third-order valence-corrected chi connectivity index (χ3v) is 3.61. The van der Waals surface area contributed by atoms with Crippen LogP contribution in [-0.4, -0.2) is 19.0 Å². The summed E-state index contributed by atoms with van der Waals surface area (Å²) in [4.78, 5) is 34.5. The standard InChI is InChI=1S/C18H26O7/c1-5-6-7-8-9-15(24-13(3)20)17-10-16(22-4)14(18(21)25-17)11-23-12(2)19/h10,15H,5-9,11H2,1-4H3/t15-/m0/s1. The molecule has 7 heteroatoms. The van der Waals surface area contributed by atoms with E-state index >= 15 is 0 Å². The second-order valence-corrected chi connectivity index (χ2v) is 5.71. The Labute approximate surface area is 147 Å². The molecule has 0 bridgehead atoms. The summed E-state index contributed by atoms with van der Waals surface area (Å²) in [6.07, 6.45) is 3.91. The Morgan fingerprint density at radius 1 is 1.16 bits per heavy atom. The van der Waals surface area contributed by atoms with E-state index < -0.39 is 23.7 Å². The zero-order chi connectivity index (χ0) is 18.8. The molecule has 0 N–H and O–H groups in total. The summed E-state index contributed by atoms with van der Waals surface area (Å²) in [6, 6.07) is 1.51. The quantitative estimate of drug-likeness (QED) is 0.470. The average Bonchev–Trinajstić information content (AvgIpc) is 2.55. The van der Waals surface area contributed by atoms with Gasteiger partial charge >= 0.3 is 17.6 Å². The van der Waals surface area contributed by atoms with E-state index in [1.165, 1.54) is 27.0 Å². The molecule has 0 spiro atoms. The molecule has 1 aromatic rings. The first-order chi connectivity index (χ1) is 11.9. The van der Waals surface area contributed by atoms with Gasteiger partial charge in [0.05, 0.1) is 7.11 Å². The summed E-state index contributed by atoms with van der Waals surface area (Å²) in [7, 11) is 1.40. The third kappa shape index (κ3) is 6.99. The molecule has 1 aromatic heterocycles. The van der Waals surface area contributed by atoms with Gasteiger partial charge < -0.3 is 18.6 Å². The normalized spacial score (nSPS) is 11.7. The van der Waals surface area contributed by atoms with E-state index in [2.05, 4.69) is 6.92 Å². The second-order valence-electron chi connectivity index (χ2n) is 5.71. The SMILES string of the molecule is CCCCCC[C@H](OC(C)=O)c1cc(OC)c(COC(C)=O)c(=O)o1. The van der Waals surface area contributed by atoms with E-state index in [1.54, 1.807) is 0 Å². The number of carbonyl (C=O) groups excluding carboxylic acids is 2. The average molecular weight is 354 g/mol. The van der Waals surface area contributed by atoms with Crippen molar-refractivity contribution in [1.82, 2.24) is 0 Å². The number of rotatable bonds is 10. The lowest BCUT2D eigenvalue weighted by Crippen LogP contribution is -2.17. The Morgan fingerprint density at radius 2 is 1.88 bits per heavy atom. The van der Waals surface area contributed by atoms with E-state index in [4.69, 9.17) is 18.6 Å². The van der Waals surface area contributed by atoms with Crippen LogP contribution in [0.5, 0.6) is 5.75 Å². The molecule has 1 rings (SSSR count). The van der Waals surface area contributed by atoms with Crippen LogP contribution in [0, 0.1) is 0 Å². The molecule has 0 aliphatic carbocycles. The van der Waals surface area contributed by atoms with Crippen molar-refractivity contribution < 1.29 is 28.2 Å². The molecule has 1 atom stereocenters. The van der Waals surface area contributed by atoms with Crippen molar-refractivity contribution in [2.75, 3.05) is 7.11 Å². The molecular weight excluding hydrogens is 328 g/mol. The van der Waals surface area contributed by atoms with Crippen LogP contribution in [0.15, 0.2) is 15.3 Å². The zero-order valence-corrected chi connectivity index (χ0v) is 15.3. The van der Waals surface area contributed by atoms with E-state index in [9.17, 15) is 14.4 Å². The summed E-state index contributed by atoms with van der Waals surface area (Å²) < 4.78 is 20.6. The highest BCUT2D eigenvalue weighted by Gasteiger charge is 2.22. The maximum atomic E-state index is 12.2. The lowest BCUT2D eigenvalue weighted by atomic mass is 10.1. The molecule has 0 unspecified atom stereocenters. The summed E-state index contributed by atoms with van der Waals surface area (Å²) in [6.45, 7) is 4.42. The summed E-state index contributed by atoms with van der Waals surface area (Å²) in [5.74, 6) is -0.510. The number of hydrogen-bond acceptors (Lipinski definition) is 7. The van der Waals surface area contributed by atoms with Crippen molar-refractivity contribution in [2.24, 2.45) is 0 Å². The van der Waals surface area contributed by atoms with Crippen molar-refractivity contribution >= 4 is 11.9 Å². The van der Waals surface area contributed by atoms with E-state index in [0.29, 0.717) is 6.42 Å². The van der Waals surface area contributed by atoms with Crippen molar-refractivity contribution in [3.63, 3.8) is 0 Å². The number of methoxy groups -OCH3 is 1. The Balaban J connectivity index is 3.04.